The Morgan fingerprint density at radius 2 is 2.06 bits per heavy atom. The molecule has 0 fully saturated rings. The quantitative estimate of drug-likeness (QED) is 0.856. The van der Waals surface area contributed by atoms with Crippen LogP contribution < -0.4 is 0 Å². The maximum atomic E-state index is 4.68. The van der Waals surface area contributed by atoms with Gasteiger partial charge in [0.2, 0.25) is 0 Å². The molecule has 0 unspecified atom stereocenters. The average molecular weight is 311 g/mol. The monoisotopic (exact) mass is 310 g/mol. The molecule has 0 saturated heterocycles. The molecule has 1 heterocycles. The Kier molecular flexibility index (Phi) is 4.31. The first-order valence-electron chi connectivity index (χ1n) is 5.51. The van der Waals surface area contributed by atoms with Crippen LogP contribution in [0.5, 0.6) is 0 Å². The lowest BCUT2D eigenvalue weighted by atomic mass is 10.2. The number of hydrogen-bond acceptors (Lipinski definition) is 3. The van der Waals surface area contributed by atoms with Crippen molar-refractivity contribution in [1.29, 1.82) is 0 Å². The van der Waals surface area contributed by atoms with Crippen LogP contribution in [0.25, 0.3) is 11.3 Å². The largest absolute Gasteiger partial charge is 0.309 e. The fourth-order valence-corrected chi connectivity index (χ4v) is 2.81. The normalized spacial score (nSPS) is 11.1. The predicted octanol–water partition coefficient (Wildman–Crippen LogP) is 3.68. The highest BCUT2D eigenvalue weighted by Gasteiger charge is 2.07. The summed E-state index contributed by atoms with van der Waals surface area (Å²) in [6.07, 6.45) is 1.02. The molecule has 4 heteroatoms. The SMILES string of the molecule is CN(C)CCc1nc(-c2ccccc2Br)cs1. The number of rotatable bonds is 4. The number of nitrogens with zero attached hydrogens (tertiary/aromatic N) is 2. The number of thiazole rings is 1. The summed E-state index contributed by atoms with van der Waals surface area (Å²) in [6, 6.07) is 8.20. The third-order valence-electron chi connectivity index (χ3n) is 2.47. The molecule has 1 aromatic carbocycles. The molecular weight excluding hydrogens is 296 g/mol. The molecule has 0 amide bonds. The predicted molar refractivity (Wildman–Crippen MR) is 77.5 cm³/mol. The highest BCUT2D eigenvalue weighted by atomic mass is 79.9. The van der Waals surface area contributed by atoms with Crippen molar-refractivity contribution in [2.45, 2.75) is 6.42 Å². The second kappa shape index (κ2) is 5.76. The Labute approximate surface area is 114 Å². The van der Waals surface area contributed by atoms with E-state index in [0.717, 1.165) is 23.1 Å². The molecule has 0 aliphatic carbocycles. The molecule has 2 rings (SSSR count). The molecule has 0 saturated carbocycles. The minimum atomic E-state index is 1.02. The maximum Gasteiger partial charge on any atom is 0.0945 e. The first-order valence-corrected chi connectivity index (χ1v) is 7.18. The van der Waals surface area contributed by atoms with Crippen molar-refractivity contribution >= 4 is 27.3 Å². The topological polar surface area (TPSA) is 16.1 Å². The molecule has 0 atom stereocenters. The second-order valence-electron chi connectivity index (χ2n) is 4.16. The number of benzene rings is 1. The van der Waals surface area contributed by atoms with Gasteiger partial charge in [0.25, 0.3) is 0 Å². The summed E-state index contributed by atoms with van der Waals surface area (Å²) >= 11 is 5.30. The van der Waals surface area contributed by atoms with E-state index in [1.807, 2.05) is 18.2 Å². The number of halogens is 1. The van der Waals surface area contributed by atoms with Crippen LogP contribution >= 0.6 is 27.3 Å². The molecule has 0 radical (unpaired) electrons. The van der Waals surface area contributed by atoms with Crippen LogP contribution in [0.4, 0.5) is 0 Å². The van der Waals surface area contributed by atoms with Crippen LogP contribution in [0.15, 0.2) is 34.1 Å². The van der Waals surface area contributed by atoms with Gasteiger partial charge in [-0.3, -0.25) is 0 Å². The van der Waals surface area contributed by atoms with Gasteiger partial charge in [-0.2, -0.15) is 0 Å². The minimum Gasteiger partial charge on any atom is -0.309 e. The summed E-state index contributed by atoms with van der Waals surface area (Å²) < 4.78 is 1.10. The lowest BCUT2D eigenvalue weighted by Crippen LogP contribution is -2.14. The van der Waals surface area contributed by atoms with E-state index in [1.165, 1.54) is 10.6 Å². The van der Waals surface area contributed by atoms with Crippen LogP contribution in [-0.2, 0) is 6.42 Å². The van der Waals surface area contributed by atoms with E-state index in [1.54, 1.807) is 11.3 Å². The fourth-order valence-electron chi connectivity index (χ4n) is 1.54. The van der Waals surface area contributed by atoms with Crippen molar-refractivity contribution in [3.8, 4) is 11.3 Å². The van der Waals surface area contributed by atoms with Crippen LogP contribution in [0.3, 0.4) is 0 Å². The Bertz CT molecular complexity index is 494. The molecule has 90 valence electrons. The van der Waals surface area contributed by atoms with Gasteiger partial charge in [-0.25, -0.2) is 4.98 Å². The van der Waals surface area contributed by atoms with E-state index in [9.17, 15) is 0 Å². The summed E-state index contributed by atoms with van der Waals surface area (Å²) in [5, 5.41) is 3.33. The average Bonchev–Trinajstić information content (AvgIpc) is 2.75. The van der Waals surface area contributed by atoms with Crippen molar-refractivity contribution in [3.05, 3.63) is 39.1 Å². The zero-order valence-corrected chi connectivity index (χ0v) is 12.4. The first-order chi connectivity index (χ1) is 8.16. The Morgan fingerprint density at radius 1 is 1.29 bits per heavy atom. The molecule has 0 N–H and O–H groups in total. The fraction of sp³-hybridized carbons (Fsp3) is 0.308. The van der Waals surface area contributed by atoms with Gasteiger partial charge in [-0.15, -0.1) is 11.3 Å². The third kappa shape index (κ3) is 3.37. The van der Waals surface area contributed by atoms with Crippen LogP contribution in [0, 0.1) is 0 Å². The van der Waals surface area contributed by atoms with Gasteiger partial charge in [0.15, 0.2) is 0 Å². The van der Waals surface area contributed by atoms with Crippen molar-refractivity contribution < 1.29 is 0 Å². The van der Waals surface area contributed by atoms with E-state index in [2.05, 4.69) is 51.4 Å². The maximum absolute atomic E-state index is 4.68. The molecule has 0 aliphatic rings. The highest BCUT2D eigenvalue weighted by molar-refractivity contribution is 9.10. The lowest BCUT2D eigenvalue weighted by Gasteiger charge is -2.06. The minimum absolute atomic E-state index is 1.02. The molecule has 0 spiro atoms. The van der Waals surface area contributed by atoms with Gasteiger partial charge in [0, 0.05) is 28.4 Å². The molecule has 0 bridgehead atoms. The van der Waals surface area contributed by atoms with Gasteiger partial charge in [0.05, 0.1) is 10.7 Å². The molecule has 0 aliphatic heterocycles. The molecule has 2 aromatic rings. The van der Waals surface area contributed by atoms with E-state index in [0.29, 0.717) is 0 Å². The summed E-state index contributed by atoms with van der Waals surface area (Å²) in [7, 11) is 4.17. The van der Waals surface area contributed by atoms with Gasteiger partial charge < -0.3 is 4.90 Å². The van der Waals surface area contributed by atoms with Crippen molar-refractivity contribution in [1.82, 2.24) is 9.88 Å². The van der Waals surface area contributed by atoms with Gasteiger partial charge >= 0.3 is 0 Å². The lowest BCUT2D eigenvalue weighted by molar-refractivity contribution is 0.413. The smallest absolute Gasteiger partial charge is 0.0945 e. The van der Waals surface area contributed by atoms with E-state index < -0.39 is 0 Å². The summed E-state index contributed by atoms with van der Waals surface area (Å²) in [5.41, 5.74) is 2.23. The Hall–Kier alpha value is -0.710. The highest BCUT2D eigenvalue weighted by Crippen LogP contribution is 2.28. The van der Waals surface area contributed by atoms with E-state index in [-0.39, 0.29) is 0 Å². The van der Waals surface area contributed by atoms with Crippen LogP contribution in [0.2, 0.25) is 0 Å². The summed E-state index contributed by atoms with van der Waals surface area (Å²) in [6.45, 7) is 1.04. The zero-order chi connectivity index (χ0) is 12.3. The van der Waals surface area contributed by atoms with Gasteiger partial charge in [0.1, 0.15) is 0 Å². The molecule has 2 nitrogen and oxygen atoms in total. The zero-order valence-electron chi connectivity index (χ0n) is 9.98. The van der Waals surface area contributed by atoms with Gasteiger partial charge in [-0.1, -0.05) is 34.1 Å². The summed E-state index contributed by atoms with van der Waals surface area (Å²) in [5.74, 6) is 0. The van der Waals surface area contributed by atoms with Gasteiger partial charge in [-0.05, 0) is 20.2 Å². The number of likely N-dealkylation sites (N-methyl/N-ethyl adjacent to an activating group) is 1. The van der Waals surface area contributed by atoms with Crippen LogP contribution in [-0.4, -0.2) is 30.5 Å². The molecule has 17 heavy (non-hydrogen) atoms. The Morgan fingerprint density at radius 3 is 2.76 bits per heavy atom. The van der Waals surface area contributed by atoms with Crippen molar-refractivity contribution in [2.24, 2.45) is 0 Å². The van der Waals surface area contributed by atoms with E-state index >= 15 is 0 Å². The van der Waals surface area contributed by atoms with Crippen molar-refractivity contribution in [3.63, 3.8) is 0 Å². The standard InChI is InChI=1S/C13H15BrN2S/c1-16(2)8-7-13-15-12(9-17-13)10-5-3-4-6-11(10)14/h3-6,9H,7-8H2,1-2H3. The van der Waals surface area contributed by atoms with E-state index in [4.69, 9.17) is 0 Å². The Balaban J connectivity index is 2.16. The molecule has 1 aromatic heterocycles. The first kappa shape index (κ1) is 12.7. The third-order valence-corrected chi connectivity index (χ3v) is 4.07. The second-order valence-corrected chi connectivity index (χ2v) is 5.96. The van der Waals surface area contributed by atoms with Crippen LogP contribution in [0.1, 0.15) is 5.01 Å². The number of aromatic nitrogens is 1. The summed E-state index contributed by atoms with van der Waals surface area (Å²) in [4.78, 5) is 6.86. The number of hydrogen-bond donors (Lipinski definition) is 0. The van der Waals surface area contributed by atoms with Crippen molar-refractivity contribution in [2.75, 3.05) is 20.6 Å². The molecular formula is C13H15BrN2S.